The van der Waals surface area contributed by atoms with Gasteiger partial charge in [0.2, 0.25) is 0 Å². The van der Waals surface area contributed by atoms with Gasteiger partial charge in [0.15, 0.2) is 0 Å². The molecule has 2 aromatic rings. The smallest absolute Gasteiger partial charge is 0.123 e. The molecule has 2 heteroatoms. The van der Waals surface area contributed by atoms with E-state index in [-0.39, 0.29) is 5.82 Å². The molecule has 2 aromatic carbocycles. The summed E-state index contributed by atoms with van der Waals surface area (Å²) in [7, 11) is 0. The van der Waals surface area contributed by atoms with Crippen molar-refractivity contribution in [1.29, 1.82) is 0 Å². The van der Waals surface area contributed by atoms with Gasteiger partial charge in [0.25, 0.3) is 0 Å². The Morgan fingerprint density at radius 2 is 1.26 bits per heavy atom. The summed E-state index contributed by atoms with van der Waals surface area (Å²) in [6.07, 6.45) is 1.06. The van der Waals surface area contributed by atoms with E-state index in [0.29, 0.717) is 11.8 Å². The minimum absolute atomic E-state index is 0.170. The van der Waals surface area contributed by atoms with Crippen molar-refractivity contribution in [2.75, 3.05) is 0 Å². The first-order valence-electron chi connectivity index (χ1n) is 6.57. The van der Waals surface area contributed by atoms with Gasteiger partial charge >= 0.3 is 0 Å². The van der Waals surface area contributed by atoms with Gasteiger partial charge in [0.05, 0.1) is 0 Å². The summed E-state index contributed by atoms with van der Waals surface area (Å²) in [6, 6.07) is 15.3. The molecule has 0 nitrogen and oxygen atoms in total. The quantitative estimate of drug-likeness (QED) is 0.659. The summed E-state index contributed by atoms with van der Waals surface area (Å²) >= 11 is 3.45. The van der Waals surface area contributed by atoms with E-state index < -0.39 is 0 Å². The fourth-order valence-corrected chi connectivity index (χ4v) is 2.65. The Bertz CT molecular complexity index is 466. The number of rotatable bonds is 4. The van der Waals surface area contributed by atoms with Crippen molar-refractivity contribution >= 4 is 15.9 Å². The topological polar surface area (TPSA) is 0 Å². The van der Waals surface area contributed by atoms with E-state index in [4.69, 9.17) is 0 Å². The summed E-state index contributed by atoms with van der Waals surface area (Å²) in [5.41, 5.74) is 2.54. The van der Waals surface area contributed by atoms with Crippen LogP contribution in [0.25, 0.3) is 0 Å². The van der Waals surface area contributed by atoms with E-state index in [1.54, 1.807) is 0 Å². The van der Waals surface area contributed by atoms with Crippen LogP contribution in [-0.2, 0) is 0 Å². The molecule has 0 heterocycles. The van der Waals surface area contributed by atoms with Crippen LogP contribution in [-0.4, -0.2) is 0 Å². The van der Waals surface area contributed by atoms with Crippen molar-refractivity contribution in [3.63, 3.8) is 0 Å². The van der Waals surface area contributed by atoms with Crippen LogP contribution < -0.4 is 0 Å². The molecule has 2 atom stereocenters. The van der Waals surface area contributed by atoms with Crippen LogP contribution in [0.5, 0.6) is 0 Å². The van der Waals surface area contributed by atoms with Crippen molar-refractivity contribution in [2.24, 2.45) is 0 Å². The average Bonchev–Trinajstić information content (AvgIpc) is 2.40. The highest BCUT2D eigenvalue weighted by molar-refractivity contribution is 9.10. The highest BCUT2D eigenvalue weighted by Crippen LogP contribution is 2.29. The minimum Gasteiger partial charge on any atom is -0.207 e. The maximum absolute atomic E-state index is 12.9. The molecule has 0 fully saturated rings. The molecule has 19 heavy (non-hydrogen) atoms. The maximum atomic E-state index is 12.9. The first-order valence-corrected chi connectivity index (χ1v) is 7.36. The zero-order valence-electron chi connectivity index (χ0n) is 11.2. The van der Waals surface area contributed by atoms with Crippen LogP contribution in [0.3, 0.4) is 0 Å². The second-order valence-electron chi connectivity index (χ2n) is 5.14. The van der Waals surface area contributed by atoms with Gasteiger partial charge in [-0.25, -0.2) is 4.39 Å². The maximum Gasteiger partial charge on any atom is 0.123 e. The summed E-state index contributed by atoms with van der Waals surface area (Å²) in [6.45, 7) is 4.44. The van der Waals surface area contributed by atoms with E-state index in [0.717, 1.165) is 10.9 Å². The average molecular weight is 321 g/mol. The third-order valence-corrected chi connectivity index (χ3v) is 4.11. The largest absolute Gasteiger partial charge is 0.207 e. The normalized spacial score (nSPS) is 14.1. The standard InChI is InChI=1S/C17H18BrF/c1-12(14-3-7-16(18)8-4-14)11-13(2)15-5-9-17(19)10-6-15/h3-10,12-13H,11H2,1-2H3. The molecule has 0 radical (unpaired) electrons. The van der Waals surface area contributed by atoms with Crippen LogP contribution in [0.4, 0.5) is 4.39 Å². The molecule has 0 saturated carbocycles. The molecule has 0 aliphatic carbocycles. The molecule has 2 unspecified atom stereocenters. The molecule has 2 rings (SSSR count). The first-order chi connectivity index (χ1) is 9.06. The Labute approximate surface area is 122 Å². The molecule has 0 aromatic heterocycles. The SMILES string of the molecule is CC(CC(C)c1ccc(Br)cc1)c1ccc(F)cc1. The molecule has 0 aliphatic heterocycles. The monoisotopic (exact) mass is 320 g/mol. The number of benzene rings is 2. The van der Waals surface area contributed by atoms with Gasteiger partial charge in [-0.05, 0) is 53.6 Å². The first kappa shape index (κ1) is 14.3. The number of halogens is 2. The van der Waals surface area contributed by atoms with Gasteiger partial charge in [-0.3, -0.25) is 0 Å². The van der Waals surface area contributed by atoms with Gasteiger partial charge in [0, 0.05) is 4.47 Å². The summed E-state index contributed by atoms with van der Waals surface area (Å²) in [5, 5.41) is 0. The molecular weight excluding hydrogens is 303 g/mol. The van der Waals surface area contributed by atoms with Crippen molar-refractivity contribution in [2.45, 2.75) is 32.1 Å². The van der Waals surface area contributed by atoms with E-state index >= 15 is 0 Å². The van der Waals surface area contributed by atoms with E-state index in [9.17, 15) is 4.39 Å². The van der Waals surface area contributed by atoms with Gasteiger partial charge in [0.1, 0.15) is 5.82 Å². The van der Waals surface area contributed by atoms with Gasteiger partial charge < -0.3 is 0 Å². The molecular formula is C17H18BrF. The second-order valence-corrected chi connectivity index (χ2v) is 6.06. The molecule has 0 amide bonds. The van der Waals surface area contributed by atoms with E-state index in [1.165, 1.54) is 23.3 Å². The minimum atomic E-state index is -0.170. The number of hydrogen-bond acceptors (Lipinski definition) is 0. The van der Waals surface area contributed by atoms with E-state index in [1.807, 2.05) is 12.1 Å². The highest BCUT2D eigenvalue weighted by Gasteiger charge is 2.12. The predicted octanol–water partition coefficient (Wildman–Crippen LogP) is 5.89. The van der Waals surface area contributed by atoms with Crippen molar-refractivity contribution in [1.82, 2.24) is 0 Å². The molecule has 100 valence electrons. The fraction of sp³-hybridized carbons (Fsp3) is 0.294. The fourth-order valence-electron chi connectivity index (χ4n) is 2.39. The Hall–Kier alpha value is -1.15. The Kier molecular flexibility index (Phi) is 4.76. The van der Waals surface area contributed by atoms with Crippen molar-refractivity contribution < 1.29 is 4.39 Å². The van der Waals surface area contributed by atoms with Crippen LogP contribution in [0.15, 0.2) is 53.0 Å². The molecule has 0 saturated heterocycles. The highest BCUT2D eigenvalue weighted by atomic mass is 79.9. The molecule has 0 N–H and O–H groups in total. The van der Waals surface area contributed by atoms with Gasteiger partial charge in [-0.2, -0.15) is 0 Å². The van der Waals surface area contributed by atoms with E-state index in [2.05, 4.69) is 54.0 Å². The Morgan fingerprint density at radius 1 is 0.842 bits per heavy atom. The molecule has 0 aliphatic rings. The Morgan fingerprint density at radius 3 is 1.74 bits per heavy atom. The molecule has 0 spiro atoms. The van der Waals surface area contributed by atoms with Crippen LogP contribution >= 0.6 is 15.9 Å². The lowest BCUT2D eigenvalue weighted by Gasteiger charge is -2.18. The lowest BCUT2D eigenvalue weighted by Crippen LogP contribution is -2.01. The lowest BCUT2D eigenvalue weighted by atomic mass is 9.87. The summed E-state index contributed by atoms with van der Waals surface area (Å²) in [5.74, 6) is 0.754. The zero-order chi connectivity index (χ0) is 13.8. The third kappa shape index (κ3) is 3.90. The van der Waals surface area contributed by atoms with Gasteiger partial charge in [-0.1, -0.05) is 54.0 Å². The van der Waals surface area contributed by atoms with Crippen LogP contribution in [0, 0.1) is 5.82 Å². The second kappa shape index (κ2) is 6.33. The predicted molar refractivity (Wildman–Crippen MR) is 82.0 cm³/mol. The Balaban J connectivity index is 2.03. The summed E-state index contributed by atoms with van der Waals surface area (Å²) < 4.78 is 14.0. The number of hydrogen-bond donors (Lipinski definition) is 0. The third-order valence-electron chi connectivity index (χ3n) is 3.59. The molecule has 0 bridgehead atoms. The summed E-state index contributed by atoms with van der Waals surface area (Å²) in [4.78, 5) is 0. The van der Waals surface area contributed by atoms with Crippen molar-refractivity contribution in [3.8, 4) is 0 Å². The van der Waals surface area contributed by atoms with Gasteiger partial charge in [-0.15, -0.1) is 0 Å². The van der Waals surface area contributed by atoms with Crippen LogP contribution in [0.2, 0.25) is 0 Å². The zero-order valence-corrected chi connectivity index (χ0v) is 12.8. The lowest BCUT2D eigenvalue weighted by molar-refractivity contribution is 0.588. The van der Waals surface area contributed by atoms with Crippen LogP contribution in [0.1, 0.15) is 43.2 Å². The van der Waals surface area contributed by atoms with Crippen molar-refractivity contribution in [3.05, 3.63) is 69.9 Å².